The lowest BCUT2D eigenvalue weighted by Gasteiger charge is -2.42. The van der Waals surface area contributed by atoms with Crippen molar-refractivity contribution in [1.29, 1.82) is 0 Å². The van der Waals surface area contributed by atoms with E-state index < -0.39 is 90.3 Å². The number of methoxy groups -OCH3 is 1. The Morgan fingerprint density at radius 2 is 1.60 bits per heavy atom. The van der Waals surface area contributed by atoms with Crippen LogP contribution in [0.5, 0.6) is 0 Å². The van der Waals surface area contributed by atoms with Crippen LogP contribution >= 0.6 is 0 Å². The SMILES string of the molecule is CO[C@H]1C[C@@H]2CC[C@@H](C)[C@@](O)(O2)C(=O)C(=O)N2CCCC[C@H]2C(=O)OC([C@H](C)CC2CC[C@@H](O)[C@H](CO)C2)CC(=O)[C@H](C)/C=C(\C)[C@@H](O)[C@@H](CO)C(=O)[C@H](C)C[C@H](C)/C=C/C=CC=C1C. The Kier molecular flexibility index (Phi) is 21.0. The third kappa shape index (κ3) is 14.3. The second kappa shape index (κ2) is 25.1. The molecule has 15 atom stereocenters. The van der Waals surface area contributed by atoms with Gasteiger partial charge in [0.25, 0.3) is 11.7 Å². The van der Waals surface area contributed by atoms with E-state index in [9.17, 15) is 49.5 Å². The van der Waals surface area contributed by atoms with Gasteiger partial charge in [0.15, 0.2) is 0 Å². The van der Waals surface area contributed by atoms with Crippen molar-refractivity contribution in [3.05, 3.63) is 47.6 Å². The number of rotatable bonds is 6. The van der Waals surface area contributed by atoms with Gasteiger partial charge in [-0.25, -0.2) is 4.79 Å². The number of ketones is 3. The summed E-state index contributed by atoms with van der Waals surface area (Å²) in [6.07, 6.45) is 12.1. The van der Waals surface area contributed by atoms with Gasteiger partial charge < -0.3 is 44.6 Å². The Balaban J connectivity index is 1.70. The first kappa shape index (κ1) is 54.2. The van der Waals surface area contributed by atoms with Crippen LogP contribution in [0.1, 0.15) is 126 Å². The van der Waals surface area contributed by atoms with Crippen molar-refractivity contribution in [1.82, 2.24) is 4.90 Å². The molecule has 2 saturated heterocycles. The molecule has 366 valence electrons. The predicted molar refractivity (Wildman–Crippen MR) is 245 cm³/mol. The maximum Gasteiger partial charge on any atom is 0.329 e. The Hall–Kier alpha value is -3.37. The average molecular weight is 914 g/mol. The Bertz CT molecular complexity index is 1760. The molecule has 0 aromatic carbocycles. The van der Waals surface area contributed by atoms with E-state index in [1.54, 1.807) is 40.9 Å². The van der Waals surface area contributed by atoms with E-state index in [0.717, 1.165) is 5.57 Å². The first-order valence-electron chi connectivity index (χ1n) is 24.1. The minimum atomic E-state index is -2.44. The fourth-order valence-electron chi connectivity index (χ4n) is 10.3. The van der Waals surface area contributed by atoms with Crippen LogP contribution in [0.25, 0.3) is 0 Å². The van der Waals surface area contributed by atoms with Crippen LogP contribution < -0.4 is 0 Å². The standard InChI is InChI=1S/C51H79NO13/c1-30-14-10-9-11-15-31(2)44(63-8)26-39-19-17-36(7)51(62,65-39)48(59)49(60)52-21-13-12-16-41(52)50(61)64-45(33(4)24-37-18-20-42(55)38(25-37)28-53)27-43(56)32(3)23-35(6)47(58)40(29-54)46(57)34(5)22-30/h9-11,14-15,23,30,32-34,36-42,44-45,47,53-55,58,62H,12-13,16-22,24-29H2,1-8H3/b11-9?,14-10+,31-15?,35-23+/t30-,32-,33-,34-,36-,37?,38+,39+,40+,41+,42-,44+,45?,47-,51-/m1/s1. The van der Waals surface area contributed by atoms with Gasteiger partial charge in [0.2, 0.25) is 5.79 Å². The van der Waals surface area contributed by atoms with Crippen LogP contribution in [0, 0.1) is 47.3 Å². The summed E-state index contributed by atoms with van der Waals surface area (Å²) in [5.41, 5.74) is 1.21. The van der Waals surface area contributed by atoms with Gasteiger partial charge in [-0.05, 0) is 107 Å². The average Bonchev–Trinajstić information content (AvgIpc) is 3.28. The number of nitrogens with zero attached hydrogens (tertiary/aromatic N) is 1. The lowest BCUT2D eigenvalue weighted by atomic mass is 9.75. The zero-order valence-corrected chi connectivity index (χ0v) is 40.1. The van der Waals surface area contributed by atoms with Crippen LogP contribution in [0.15, 0.2) is 47.6 Å². The van der Waals surface area contributed by atoms with Crippen molar-refractivity contribution in [3.63, 3.8) is 0 Å². The second-order valence-electron chi connectivity index (χ2n) is 19.9. The zero-order chi connectivity index (χ0) is 48.2. The number of fused-ring (bicyclic) bond motifs is 3. The smallest absolute Gasteiger partial charge is 0.329 e. The summed E-state index contributed by atoms with van der Waals surface area (Å²) < 4.78 is 18.2. The predicted octanol–water partition coefficient (Wildman–Crippen LogP) is 5.37. The lowest BCUT2D eigenvalue weighted by molar-refractivity contribution is -0.265. The van der Waals surface area contributed by atoms with Crippen molar-refractivity contribution in [2.45, 2.75) is 168 Å². The van der Waals surface area contributed by atoms with E-state index in [1.165, 1.54) is 4.90 Å². The van der Waals surface area contributed by atoms with Crippen LogP contribution in [-0.4, -0.2) is 129 Å². The molecule has 1 aliphatic carbocycles. The van der Waals surface area contributed by atoms with Gasteiger partial charge in [-0.15, -0.1) is 0 Å². The fourth-order valence-corrected chi connectivity index (χ4v) is 10.3. The van der Waals surface area contributed by atoms with Crippen molar-refractivity contribution in [3.8, 4) is 0 Å². The molecule has 65 heavy (non-hydrogen) atoms. The van der Waals surface area contributed by atoms with Crippen LogP contribution in [0.4, 0.5) is 0 Å². The number of carbonyl (C=O) groups is 5. The number of ether oxygens (including phenoxy) is 3. The Labute approximate surface area is 386 Å². The number of hydrogen-bond acceptors (Lipinski definition) is 13. The number of allylic oxidation sites excluding steroid dienone is 6. The number of amides is 1. The van der Waals surface area contributed by atoms with Gasteiger partial charge in [0.1, 0.15) is 23.7 Å². The molecule has 2 unspecified atom stereocenters. The summed E-state index contributed by atoms with van der Waals surface area (Å²) >= 11 is 0. The monoisotopic (exact) mass is 914 g/mol. The largest absolute Gasteiger partial charge is 0.460 e. The zero-order valence-electron chi connectivity index (χ0n) is 40.1. The third-order valence-electron chi connectivity index (χ3n) is 14.7. The van der Waals surface area contributed by atoms with E-state index in [4.69, 9.17) is 14.2 Å². The molecule has 0 spiro atoms. The van der Waals surface area contributed by atoms with E-state index in [0.29, 0.717) is 69.8 Å². The molecular formula is C51H79NO13. The molecule has 3 fully saturated rings. The van der Waals surface area contributed by atoms with Gasteiger partial charge in [0, 0.05) is 56.8 Å². The Morgan fingerprint density at radius 1 is 0.877 bits per heavy atom. The fraction of sp³-hybridized carbons (Fsp3) is 0.745. The molecule has 4 aliphatic rings. The number of aliphatic hydroxyl groups is 5. The van der Waals surface area contributed by atoms with Crippen LogP contribution in [0.2, 0.25) is 0 Å². The molecule has 3 aliphatic heterocycles. The summed E-state index contributed by atoms with van der Waals surface area (Å²) in [6.45, 7) is 11.8. The van der Waals surface area contributed by atoms with E-state index >= 15 is 0 Å². The normalized spacial score (nSPS) is 39.1. The third-order valence-corrected chi connectivity index (χ3v) is 14.7. The van der Waals surface area contributed by atoms with E-state index in [1.807, 2.05) is 51.2 Å². The number of esters is 1. The van der Waals surface area contributed by atoms with Crippen LogP contribution in [-0.2, 0) is 38.2 Å². The van der Waals surface area contributed by atoms with E-state index in [-0.39, 0.29) is 61.2 Å². The van der Waals surface area contributed by atoms with Gasteiger partial charge >= 0.3 is 5.97 Å². The maximum absolute atomic E-state index is 14.3. The number of carbonyl (C=O) groups excluding carboxylic acids is 5. The molecule has 3 heterocycles. The van der Waals surface area contributed by atoms with Crippen molar-refractivity contribution < 1.29 is 63.7 Å². The highest BCUT2D eigenvalue weighted by atomic mass is 16.6. The summed E-state index contributed by atoms with van der Waals surface area (Å²) in [4.78, 5) is 71.6. The highest BCUT2D eigenvalue weighted by molar-refractivity contribution is 6.39. The molecule has 14 nitrogen and oxygen atoms in total. The summed E-state index contributed by atoms with van der Waals surface area (Å²) in [5.74, 6) is -9.71. The number of hydrogen-bond donors (Lipinski definition) is 5. The lowest BCUT2D eigenvalue weighted by Crippen LogP contribution is -2.61. The van der Waals surface area contributed by atoms with Crippen molar-refractivity contribution >= 4 is 29.2 Å². The highest BCUT2D eigenvalue weighted by Crippen LogP contribution is 2.38. The highest BCUT2D eigenvalue weighted by Gasteiger charge is 2.53. The summed E-state index contributed by atoms with van der Waals surface area (Å²) in [6, 6.07) is -1.16. The number of cyclic esters (lactones) is 1. The Morgan fingerprint density at radius 3 is 2.28 bits per heavy atom. The van der Waals surface area contributed by atoms with Crippen molar-refractivity contribution in [2.75, 3.05) is 26.9 Å². The maximum atomic E-state index is 14.3. The molecule has 0 radical (unpaired) electrons. The quantitative estimate of drug-likeness (QED) is 0.129. The van der Waals surface area contributed by atoms with E-state index in [2.05, 4.69) is 0 Å². The summed E-state index contributed by atoms with van der Waals surface area (Å²) in [5, 5.41) is 54.0. The molecule has 2 bridgehead atoms. The van der Waals surface area contributed by atoms with Gasteiger partial charge in [0.05, 0.1) is 36.9 Å². The first-order valence-corrected chi connectivity index (χ1v) is 24.1. The first-order chi connectivity index (χ1) is 30.7. The van der Waals surface area contributed by atoms with Crippen LogP contribution in [0.3, 0.4) is 0 Å². The molecule has 5 N–H and O–H groups in total. The molecule has 1 amide bonds. The van der Waals surface area contributed by atoms with Gasteiger partial charge in [-0.2, -0.15) is 0 Å². The van der Waals surface area contributed by atoms with Crippen molar-refractivity contribution in [2.24, 2.45) is 47.3 Å². The molecule has 0 aromatic rings. The number of Topliss-reactive ketones (excluding diaryl/α,β-unsaturated/α-hetero) is 3. The molecule has 0 aromatic heterocycles. The second-order valence-corrected chi connectivity index (χ2v) is 19.9. The molecule has 4 rings (SSSR count). The topological polar surface area (TPSA) is 217 Å². The molecular weight excluding hydrogens is 835 g/mol. The summed E-state index contributed by atoms with van der Waals surface area (Å²) in [7, 11) is 1.57. The molecule has 14 heteroatoms. The minimum Gasteiger partial charge on any atom is -0.460 e. The van der Waals surface area contributed by atoms with Gasteiger partial charge in [-0.1, -0.05) is 71.1 Å². The molecule has 1 saturated carbocycles. The number of piperidine rings is 1. The number of aliphatic hydroxyl groups excluding tert-OH is 4. The minimum absolute atomic E-state index is 0.0117. The van der Waals surface area contributed by atoms with Gasteiger partial charge in [-0.3, -0.25) is 19.2 Å².